The number of para-hydroxylation sites is 3. The summed E-state index contributed by atoms with van der Waals surface area (Å²) in [4.78, 5) is 0. The van der Waals surface area contributed by atoms with E-state index in [0.717, 1.165) is 11.4 Å². The lowest BCUT2D eigenvalue weighted by Crippen LogP contribution is -2.55. The number of hydrogen-bond acceptors (Lipinski definition) is 0. The summed E-state index contributed by atoms with van der Waals surface area (Å²) in [5.41, 5.74) is 21.7. The summed E-state index contributed by atoms with van der Waals surface area (Å²) in [6.45, 7) is 13.7. The minimum atomic E-state index is 0.127. The molecule has 0 unspecified atom stereocenters. The van der Waals surface area contributed by atoms with Gasteiger partial charge >= 0.3 is 0 Å². The Kier molecular flexibility index (Phi) is 8.30. The Balaban J connectivity index is 1.16. The maximum atomic E-state index is 2.48. The van der Waals surface area contributed by atoms with Crippen molar-refractivity contribution in [1.29, 1.82) is 0 Å². The van der Waals surface area contributed by atoms with Gasteiger partial charge in [-0.25, -0.2) is 0 Å². The highest BCUT2D eigenvalue weighted by Gasteiger charge is 2.29. The van der Waals surface area contributed by atoms with Crippen LogP contribution in [-0.2, 0) is 0 Å². The Labute approximate surface area is 335 Å². The first-order valence-electron chi connectivity index (χ1n) is 20.1. The van der Waals surface area contributed by atoms with Crippen molar-refractivity contribution in [3.63, 3.8) is 0 Å². The topological polar surface area (TPSA) is 9.86 Å². The van der Waals surface area contributed by atoms with E-state index in [1.165, 1.54) is 105 Å². The Morgan fingerprint density at radius 1 is 0.351 bits per heavy atom. The van der Waals surface area contributed by atoms with Gasteiger partial charge in [0.1, 0.15) is 0 Å². The van der Waals surface area contributed by atoms with Crippen LogP contribution in [0.2, 0.25) is 0 Å². The summed E-state index contributed by atoms with van der Waals surface area (Å²) in [5.74, 6) is 0. The van der Waals surface area contributed by atoms with Crippen molar-refractivity contribution in [2.24, 2.45) is 0 Å². The van der Waals surface area contributed by atoms with Gasteiger partial charge in [-0.15, -0.1) is 0 Å². The van der Waals surface area contributed by atoms with Crippen LogP contribution in [0.5, 0.6) is 0 Å². The van der Waals surface area contributed by atoms with Crippen molar-refractivity contribution in [2.75, 3.05) is 0 Å². The Morgan fingerprint density at radius 2 is 0.807 bits per heavy atom. The van der Waals surface area contributed by atoms with Gasteiger partial charge in [-0.05, 0) is 89.1 Å². The third-order valence-corrected chi connectivity index (χ3v) is 12.2. The predicted octanol–water partition coefficient (Wildman–Crippen LogP) is 11.9. The molecule has 2 nitrogen and oxygen atoms in total. The molecule has 0 atom stereocenters. The van der Waals surface area contributed by atoms with Crippen molar-refractivity contribution < 1.29 is 0 Å². The molecule has 0 aliphatic carbocycles. The van der Waals surface area contributed by atoms with Crippen LogP contribution in [0.3, 0.4) is 0 Å². The molecule has 0 radical (unpaired) electrons. The molecule has 0 amide bonds. The van der Waals surface area contributed by atoms with Crippen LogP contribution < -0.4 is 16.4 Å². The maximum Gasteiger partial charge on any atom is 0.242 e. The number of nitrogens with zero attached hydrogens (tertiary/aromatic N) is 2. The standard InChI is InChI=1S/C54H45BN2/c1-34-29-36(3)51(37(4)30-34)55(52-38(5)31-35(2)32-39(52)6)42-16-14-15-41(33-42)40-23-25-44(26-24-40)57-50-22-13-11-20-46(50)48-28-27-47-45-19-10-12-21-49(45)56(53(47)54(48)57)43-17-8-7-9-18-43/h7-33H,1-6H3. The second kappa shape index (κ2) is 13.6. The SMILES string of the molecule is Cc1cc(C)c(B(c2cccc(-c3ccc(-n4c5ccccc5c5ccc6c7ccccc7n(-c7ccccc7)c6c54)cc3)c2)c2c(C)cc(C)cc2C)c(C)c1. The molecular weight excluding hydrogens is 687 g/mol. The average Bonchev–Trinajstić information content (AvgIpc) is 3.73. The number of benzene rings is 8. The summed E-state index contributed by atoms with van der Waals surface area (Å²) in [7, 11) is 0. The largest absolute Gasteiger partial charge is 0.307 e. The Morgan fingerprint density at radius 3 is 1.32 bits per heavy atom. The van der Waals surface area contributed by atoms with Gasteiger partial charge < -0.3 is 9.13 Å². The molecule has 0 aliphatic heterocycles. The molecule has 2 heterocycles. The summed E-state index contributed by atoms with van der Waals surface area (Å²) in [5, 5.41) is 5.03. The summed E-state index contributed by atoms with van der Waals surface area (Å²) in [6.07, 6.45) is 0. The third-order valence-electron chi connectivity index (χ3n) is 12.2. The summed E-state index contributed by atoms with van der Waals surface area (Å²) < 4.78 is 4.93. The van der Waals surface area contributed by atoms with Crippen LogP contribution in [0.4, 0.5) is 0 Å². The molecule has 2 aromatic heterocycles. The van der Waals surface area contributed by atoms with E-state index in [1.807, 2.05) is 0 Å². The third kappa shape index (κ3) is 5.64. The zero-order valence-corrected chi connectivity index (χ0v) is 33.6. The summed E-state index contributed by atoms with van der Waals surface area (Å²) in [6, 6.07) is 61.0. The highest BCUT2D eigenvalue weighted by atomic mass is 15.0. The molecule has 0 N–H and O–H groups in total. The minimum absolute atomic E-state index is 0.127. The maximum absolute atomic E-state index is 2.48. The fraction of sp³-hybridized carbons (Fsp3) is 0.111. The normalized spacial score (nSPS) is 11.7. The molecule has 0 saturated carbocycles. The van der Waals surface area contributed by atoms with E-state index < -0.39 is 0 Å². The molecule has 0 bridgehead atoms. The molecule has 0 fully saturated rings. The number of fused-ring (bicyclic) bond motifs is 7. The van der Waals surface area contributed by atoms with Crippen molar-refractivity contribution in [3.05, 3.63) is 197 Å². The first-order valence-corrected chi connectivity index (χ1v) is 20.1. The first kappa shape index (κ1) is 34.9. The van der Waals surface area contributed by atoms with E-state index in [9.17, 15) is 0 Å². The first-order chi connectivity index (χ1) is 27.8. The quantitative estimate of drug-likeness (QED) is 0.151. The molecule has 8 aromatic carbocycles. The number of aryl methyl sites for hydroxylation is 6. The highest BCUT2D eigenvalue weighted by molar-refractivity contribution is 6.96. The Bertz CT molecular complexity index is 3080. The van der Waals surface area contributed by atoms with Crippen LogP contribution in [-0.4, -0.2) is 15.8 Å². The monoisotopic (exact) mass is 732 g/mol. The van der Waals surface area contributed by atoms with Crippen molar-refractivity contribution in [1.82, 2.24) is 9.13 Å². The zero-order valence-electron chi connectivity index (χ0n) is 33.6. The molecule has 3 heteroatoms. The Hall–Kier alpha value is -6.58. The van der Waals surface area contributed by atoms with Gasteiger partial charge in [0.05, 0.1) is 22.1 Å². The van der Waals surface area contributed by atoms with Crippen molar-refractivity contribution in [3.8, 4) is 22.5 Å². The van der Waals surface area contributed by atoms with Crippen molar-refractivity contribution >= 4 is 66.7 Å². The molecule has 0 spiro atoms. The smallest absolute Gasteiger partial charge is 0.242 e. The number of rotatable bonds is 6. The van der Waals surface area contributed by atoms with Gasteiger partial charge in [0, 0.05) is 32.9 Å². The van der Waals surface area contributed by atoms with Gasteiger partial charge in [0.2, 0.25) is 6.71 Å². The van der Waals surface area contributed by atoms with Crippen LogP contribution in [0.25, 0.3) is 66.1 Å². The van der Waals surface area contributed by atoms with Crippen LogP contribution >= 0.6 is 0 Å². The predicted molar refractivity (Wildman–Crippen MR) is 247 cm³/mol. The highest BCUT2D eigenvalue weighted by Crippen LogP contribution is 2.41. The van der Waals surface area contributed by atoms with E-state index in [4.69, 9.17) is 0 Å². The van der Waals surface area contributed by atoms with Crippen LogP contribution in [0, 0.1) is 41.5 Å². The van der Waals surface area contributed by atoms with Gasteiger partial charge in [0.15, 0.2) is 0 Å². The van der Waals surface area contributed by atoms with E-state index in [0.29, 0.717) is 0 Å². The van der Waals surface area contributed by atoms with E-state index in [1.54, 1.807) is 0 Å². The molecular formula is C54H45BN2. The lowest BCUT2D eigenvalue weighted by molar-refractivity contribution is 1.15. The number of hydrogen-bond donors (Lipinski definition) is 0. The van der Waals surface area contributed by atoms with E-state index in [-0.39, 0.29) is 6.71 Å². The van der Waals surface area contributed by atoms with Gasteiger partial charge in [-0.1, -0.05) is 177 Å². The molecule has 10 aromatic rings. The van der Waals surface area contributed by atoms with Crippen LogP contribution in [0.15, 0.2) is 164 Å². The van der Waals surface area contributed by atoms with E-state index in [2.05, 4.69) is 214 Å². The molecule has 10 rings (SSSR count). The minimum Gasteiger partial charge on any atom is -0.307 e. The van der Waals surface area contributed by atoms with E-state index >= 15 is 0 Å². The van der Waals surface area contributed by atoms with Crippen molar-refractivity contribution in [2.45, 2.75) is 41.5 Å². The molecule has 0 aliphatic rings. The second-order valence-corrected chi connectivity index (χ2v) is 16.1. The molecule has 274 valence electrons. The zero-order chi connectivity index (χ0) is 38.9. The van der Waals surface area contributed by atoms with Gasteiger partial charge in [0.25, 0.3) is 0 Å². The fourth-order valence-corrected chi connectivity index (χ4v) is 10.1. The average molecular weight is 733 g/mol. The van der Waals surface area contributed by atoms with Crippen LogP contribution in [0.1, 0.15) is 33.4 Å². The number of aromatic nitrogens is 2. The molecule has 0 saturated heterocycles. The van der Waals surface area contributed by atoms with Gasteiger partial charge in [-0.2, -0.15) is 0 Å². The summed E-state index contributed by atoms with van der Waals surface area (Å²) >= 11 is 0. The fourth-order valence-electron chi connectivity index (χ4n) is 10.1. The second-order valence-electron chi connectivity index (χ2n) is 16.1. The lowest BCUT2D eigenvalue weighted by Gasteiger charge is -2.25. The van der Waals surface area contributed by atoms with Gasteiger partial charge in [-0.3, -0.25) is 0 Å². The molecule has 57 heavy (non-hydrogen) atoms. The lowest BCUT2D eigenvalue weighted by atomic mass is 9.34.